The molecule has 5 heteroatoms. The number of aromatic nitrogens is 2. The summed E-state index contributed by atoms with van der Waals surface area (Å²) >= 11 is 0. The zero-order valence-corrected chi connectivity index (χ0v) is 16.5. The number of hydrogen-bond acceptors (Lipinski definition) is 4. The molecule has 5 nitrogen and oxygen atoms in total. The number of rotatable bonds is 4. The molecule has 1 unspecified atom stereocenters. The first-order valence-electron chi connectivity index (χ1n) is 9.56. The molecule has 1 atom stereocenters. The molecule has 1 aliphatic heterocycles. The highest BCUT2D eigenvalue weighted by Gasteiger charge is 2.27. The number of nitrogens with zero attached hydrogens (tertiary/aromatic N) is 3. The fourth-order valence-electron chi connectivity index (χ4n) is 3.67. The van der Waals surface area contributed by atoms with E-state index in [9.17, 15) is 4.79 Å². The fourth-order valence-corrected chi connectivity index (χ4v) is 3.67. The van der Waals surface area contributed by atoms with Crippen molar-refractivity contribution in [2.24, 2.45) is 4.99 Å². The minimum absolute atomic E-state index is 0.143. The Morgan fingerprint density at radius 1 is 1.14 bits per heavy atom. The monoisotopic (exact) mass is 372 g/mol. The van der Waals surface area contributed by atoms with E-state index in [-0.39, 0.29) is 11.6 Å². The van der Waals surface area contributed by atoms with Gasteiger partial charge in [-0.2, -0.15) is 0 Å². The van der Waals surface area contributed by atoms with Crippen LogP contribution in [-0.4, -0.2) is 16.0 Å². The van der Waals surface area contributed by atoms with Gasteiger partial charge >= 0.3 is 0 Å². The summed E-state index contributed by atoms with van der Waals surface area (Å²) in [5.41, 5.74) is 5.55. The lowest BCUT2D eigenvalue weighted by Gasteiger charge is -2.34. The number of nitrogens with one attached hydrogen (secondary N) is 1. The van der Waals surface area contributed by atoms with Crippen LogP contribution in [0.25, 0.3) is 6.58 Å². The average Bonchev–Trinajstić information content (AvgIpc) is 2.67. The van der Waals surface area contributed by atoms with E-state index in [1.54, 1.807) is 0 Å². The molecule has 142 valence electrons. The molecular weight excluding hydrogens is 348 g/mol. The largest absolute Gasteiger partial charge is 0.320 e. The SMILES string of the molecule is C=c1nc2c(c(=O)[nH]1)=Nc1cc(C)c(C)cc1N2C(C)CCc1ccccc1. The number of benzene rings is 2. The Bertz CT molecular complexity index is 1200. The zero-order chi connectivity index (χ0) is 19.8. The minimum atomic E-state index is -0.251. The summed E-state index contributed by atoms with van der Waals surface area (Å²) in [4.78, 5) is 26.5. The Balaban J connectivity index is 1.82. The number of aromatic amines is 1. The highest BCUT2D eigenvalue weighted by atomic mass is 16.1. The number of H-pyrrole nitrogens is 1. The van der Waals surface area contributed by atoms with Crippen molar-refractivity contribution in [1.82, 2.24) is 9.97 Å². The van der Waals surface area contributed by atoms with Gasteiger partial charge < -0.3 is 9.88 Å². The van der Waals surface area contributed by atoms with Crippen molar-refractivity contribution >= 4 is 23.8 Å². The fraction of sp³-hybridized carbons (Fsp3) is 0.261. The molecule has 0 fully saturated rings. The third-order valence-corrected chi connectivity index (χ3v) is 5.37. The van der Waals surface area contributed by atoms with Crippen LogP contribution in [-0.2, 0) is 6.42 Å². The van der Waals surface area contributed by atoms with Gasteiger partial charge in [0.1, 0.15) is 5.48 Å². The maximum atomic E-state index is 12.5. The van der Waals surface area contributed by atoms with E-state index in [4.69, 9.17) is 0 Å². The third-order valence-electron chi connectivity index (χ3n) is 5.37. The molecule has 1 aliphatic rings. The molecule has 0 amide bonds. The van der Waals surface area contributed by atoms with Gasteiger partial charge in [-0.1, -0.05) is 36.9 Å². The normalized spacial score (nSPS) is 13.5. The van der Waals surface area contributed by atoms with Crippen molar-refractivity contribution in [1.29, 1.82) is 0 Å². The van der Waals surface area contributed by atoms with E-state index in [2.05, 4.69) is 77.5 Å². The predicted octanol–water partition coefficient (Wildman–Crippen LogP) is 3.22. The lowest BCUT2D eigenvalue weighted by molar-refractivity contribution is 0.634. The van der Waals surface area contributed by atoms with Crippen LogP contribution >= 0.6 is 0 Å². The standard InChI is InChI=1S/C23H24N4O/c1-14-12-19-20(13-15(14)2)27(16(3)10-11-18-8-6-5-7-9-18)22-21(26-19)23(28)25-17(4)24-22/h5-9,12-13,16H,4,10-11H2,1-3H3,(H,25,28). The van der Waals surface area contributed by atoms with E-state index in [0.29, 0.717) is 16.7 Å². The lowest BCUT2D eigenvalue weighted by atomic mass is 10.0. The van der Waals surface area contributed by atoms with E-state index < -0.39 is 0 Å². The first-order valence-corrected chi connectivity index (χ1v) is 9.56. The summed E-state index contributed by atoms with van der Waals surface area (Å²) in [5, 5.41) is 0.356. The summed E-state index contributed by atoms with van der Waals surface area (Å²) in [7, 11) is 0. The van der Waals surface area contributed by atoms with E-state index >= 15 is 0 Å². The number of anilines is 2. The van der Waals surface area contributed by atoms with E-state index in [1.165, 1.54) is 11.1 Å². The highest BCUT2D eigenvalue weighted by molar-refractivity contribution is 5.77. The Kier molecular flexibility index (Phi) is 4.59. The van der Waals surface area contributed by atoms with Crippen LogP contribution in [0.5, 0.6) is 0 Å². The zero-order valence-electron chi connectivity index (χ0n) is 16.5. The van der Waals surface area contributed by atoms with Crippen LogP contribution in [0.1, 0.15) is 30.0 Å². The molecule has 1 N–H and O–H groups in total. The third kappa shape index (κ3) is 3.24. The predicted molar refractivity (Wildman–Crippen MR) is 113 cm³/mol. The van der Waals surface area contributed by atoms with Gasteiger partial charge in [0.15, 0.2) is 11.2 Å². The summed E-state index contributed by atoms with van der Waals surface area (Å²) < 4.78 is 0. The molecule has 2 heterocycles. The minimum Gasteiger partial charge on any atom is -0.320 e. The second-order valence-electron chi connectivity index (χ2n) is 7.47. The van der Waals surface area contributed by atoms with E-state index in [1.807, 2.05) is 12.1 Å². The van der Waals surface area contributed by atoms with Crippen LogP contribution in [0.3, 0.4) is 0 Å². The maximum Gasteiger partial charge on any atom is 0.279 e. The van der Waals surface area contributed by atoms with Crippen molar-refractivity contribution in [3.8, 4) is 0 Å². The molecule has 0 bridgehead atoms. The Labute approximate surface area is 164 Å². The van der Waals surface area contributed by atoms with Crippen LogP contribution < -0.4 is 21.3 Å². The first-order chi connectivity index (χ1) is 13.4. The van der Waals surface area contributed by atoms with Crippen LogP contribution in [0.4, 0.5) is 17.2 Å². The first kappa shape index (κ1) is 18.2. The summed E-state index contributed by atoms with van der Waals surface area (Å²) in [6, 6.07) is 14.8. The average molecular weight is 372 g/mol. The number of aryl methyl sites for hydroxylation is 3. The van der Waals surface area contributed by atoms with Crippen molar-refractivity contribution in [3.63, 3.8) is 0 Å². The Morgan fingerprint density at radius 3 is 2.61 bits per heavy atom. The number of hydrogen-bond donors (Lipinski definition) is 1. The quantitative estimate of drug-likeness (QED) is 0.765. The van der Waals surface area contributed by atoms with Crippen LogP contribution in [0.2, 0.25) is 0 Å². The summed E-state index contributed by atoms with van der Waals surface area (Å²) in [6.07, 6.45) is 1.88. The topological polar surface area (TPSA) is 61.4 Å². The van der Waals surface area contributed by atoms with Gasteiger partial charge in [-0.15, -0.1) is 0 Å². The van der Waals surface area contributed by atoms with Crippen LogP contribution in [0, 0.1) is 13.8 Å². The molecular formula is C23H24N4O. The van der Waals surface area contributed by atoms with E-state index in [0.717, 1.165) is 29.8 Å². The Hall–Kier alpha value is -3.21. The van der Waals surface area contributed by atoms with Gasteiger partial charge in [0, 0.05) is 6.04 Å². The van der Waals surface area contributed by atoms with Gasteiger partial charge in [0.05, 0.1) is 11.4 Å². The molecule has 0 saturated heterocycles. The summed E-state index contributed by atoms with van der Waals surface area (Å²) in [6.45, 7) is 10.2. The van der Waals surface area contributed by atoms with Gasteiger partial charge in [-0.25, -0.2) is 9.98 Å². The van der Waals surface area contributed by atoms with Crippen molar-refractivity contribution in [2.45, 2.75) is 39.7 Å². The van der Waals surface area contributed by atoms with Gasteiger partial charge in [0.2, 0.25) is 0 Å². The molecule has 1 aromatic heterocycles. The number of fused-ring (bicyclic) bond motifs is 2. The molecule has 28 heavy (non-hydrogen) atoms. The second-order valence-corrected chi connectivity index (χ2v) is 7.47. The molecule has 0 aliphatic carbocycles. The van der Waals surface area contributed by atoms with Crippen molar-refractivity contribution in [2.75, 3.05) is 4.90 Å². The lowest BCUT2D eigenvalue weighted by Crippen LogP contribution is -2.45. The highest BCUT2D eigenvalue weighted by Crippen LogP contribution is 2.38. The molecule has 0 radical (unpaired) electrons. The van der Waals surface area contributed by atoms with Gasteiger partial charge in [0.25, 0.3) is 5.56 Å². The molecule has 4 rings (SSSR count). The smallest absolute Gasteiger partial charge is 0.279 e. The summed E-state index contributed by atoms with van der Waals surface area (Å²) in [5.74, 6) is 0.588. The van der Waals surface area contributed by atoms with Crippen molar-refractivity contribution < 1.29 is 0 Å². The molecule has 2 aromatic carbocycles. The maximum absolute atomic E-state index is 12.5. The van der Waals surface area contributed by atoms with Crippen LogP contribution in [0.15, 0.2) is 52.3 Å². The molecule has 0 saturated carbocycles. The van der Waals surface area contributed by atoms with Gasteiger partial charge in [-0.05, 0) is 62.4 Å². The molecule has 0 spiro atoms. The van der Waals surface area contributed by atoms with Gasteiger partial charge in [-0.3, -0.25) is 4.79 Å². The van der Waals surface area contributed by atoms with Crippen molar-refractivity contribution in [3.05, 3.63) is 80.3 Å². The second kappa shape index (κ2) is 7.08. The molecule has 3 aromatic rings. The Morgan fingerprint density at radius 2 is 1.86 bits per heavy atom.